The maximum atomic E-state index is 6.49. The Kier molecular flexibility index (Phi) is 7.19. The number of benzene rings is 5. The minimum absolute atomic E-state index is 0.357. The van der Waals surface area contributed by atoms with E-state index in [9.17, 15) is 0 Å². The number of fused-ring (bicyclic) bond motifs is 2. The van der Waals surface area contributed by atoms with Crippen LogP contribution >= 0.6 is 0 Å². The summed E-state index contributed by atoms with van der Waals surface area (Å²) in [4.78, 5) is 9.90. The van der Waals surface area contributed by atoms with Crippen LogP contribution in [0.4, 0.5) is 0 Å². The van der Waals surface area contributed by atoms with Crippen LogP contribution in [0.5, 0.6) is 11.5 Å². The molecule has 0 bridgehead atoms. The zero-order valence-corrected chi connectivity index (χ0v) is 25.5. The molecule has 0 atom stereocenters. The van der Waals surface area contributed by atoms with Gasteiger partial charge in [0, 0.05) is 22.7 Å². The predicted octanol–water partition coefficient (Wildman–Crippen LogP) is 10.9. The van der Waals surface area contributed by atoms with Crippen LogP contribution in [0.25, 0.3) is 50.1 Å². The van der Waals surface area contributed by atoms with Crippen molar-refractivity contribution < 1.29 is 4.74 Å². The fourth-order valence-electron chi connectivity index (χ4n) is 6.11. The second kappa shape index (κ2) is 11.5. The zero-order valence-electron chi connectivity index (χ0n) is 25.5. The number of para-hydroxylation sites is 3. The Bertz CT molecular complexity index is 2090. The number of rotatable bonds is 7. The van der Waals surface area contributed by atoms with Crippen LogP contribution in [0.3, 0.4) is 0 Å². The molecule has 2 heterocycles. The molecular weight excluding hydrogens is 538 g/mol. The Morgan fingerprint density at radius 3 is 2.00 bits per heavy atom. The van der Waals surface area contributed by atoms with Gasteiger partial charge in [-0.2, -0.15) is 0 Å². The topological polar surface area (TPSA) is 39.9 Å². The lowest BCUT2D eigenvalue weighted by Crippen LogP contribution is -2.08. The molecule has 4 nitrogen and oxygen atoms in total. The molecule has 0 unspecified atom stereocenters. The average molecular weight is 574 g/mol. The lowest BCUT2D eigenvalue weighted by atomic mass is 9.92. The first-order valence-corrected chi connectivity index (χ1v) is 15.3. The van der Waals surface area contributed by atoms with E-state index in [0.717, 1.165) is 50.6 Å². The summed E-state index contributed by atoms with van der Waals surface area (Å²) < 4.78 is 8.85. The van der Waals surface area contributed by atoms with E-state index in [4.69, 9.17) is 14.7 Å². The van der Waals surface area contributed by atoms with E-state index in [-0.39, 0.29) is 0 Å². The first-order chi connectivity index (χ1) is 21.5. The van der Waals surface area contributed by atoms with E-state index >= 15 is 0 Å². The maximum Gasteiger partial charge on any atom is 0.145 e. The first-order valence-electron chi connectivity index (χ1n) is 15.3. The van der Waals surface area contributed by atoms with Gasteiger partial charge in [-0.1, -0.05) is 107 Å². The van der Waals surface area contributed by atoms with Gasteiger partial charge >= 0.3 is 0 Å². The largest absolute Gasteiger partial charge is 0.457 e. The van der Waals surface area contributed by atoms with Crippen molar-refractivity contribution in [2.24, 2.45) is 0 Å². The minimum atomic E-state index is 0.357. The summed E-state index contributed by atoms with van der Waals surface area (Å²) in [6, 6.07) is 41.9. The molecule has 44 heavy (non-hydrogen) atoms. The molecule has 0 saturated carbocycles. The monoisotopic (exact) mass is 573 g/mol. The van der Waals surface area contributed by atoms with Crippen molar-refractivity contribution in [1.29, 1.82) is 0 Å². The first kappa shape index (κ1) is 27.6. The van der Waals surface area contributed by atoms with Gasteiger partial charge < -0.3 is 4.74 Å². The standard InChI is InChI=1S/C40H35N3O/c1-26(2)33-18-11-19-34(27(3)4)39(33)43-37-21-8-7-20-36(37)42-40(43)30-14-10-16-32(25-30)44-31-15-9-13-29(24-31)38-35-17-6-5-12-28(35)22-23-41-38/h5-27H,1-4H3. The summed E-state index contributed by atoms with van der Waals surface area (Å²) in [5, 5.41) is 2.29. The number of nitrogens with zero attached hydrogens (tertiary/aromatic N) is 3. The normalized spacial score (nSPS) is 11.6. The molecule has 0 spiro atoms. The van der Waals surface area contributed by atoms with Crippen molar-refractivity contribution in [2.75, 3.05) is 0 Å². The van der Waals surface area contributed by atoms with Gasteiger partial charge in [-0.05, 0) is 70.8 Å². The number of imidazole rings is 1. The Balaban J connectivity index is 1.32. The molecule has 7 rings (SSSR count). The van der Waals surface area contributed by atoms with Crippen molar-refractivity contribution in [3.63, 3.8) is 0 Å². The SMILES string of the molecule is CC(C)c1cccc(C(C)C)c1-n1c(-c2cccc(Oc3cccc(-c4nccc5ccccc45)c3)c2)nc2ccccc21. The van der Waals surface area contributed by atoms with Gasteiger partial charge in [0.15, 0.2) is 0 Å². The molecule has 4 heteroatoms. The highest BCUT2D eigenvalue weighted by atomic mass is 16.5. The average Bonchev–Trinajstić information content (AvgIpc) is 3.44. The number of hydrogen-bond acceptors (Lipinski definition) is 3. The van der Waals surface area contributed by atoms with Gasteiger partial charge in [-0.25, -0.2) is 4.98 Å². The Morgan fingerprint density at radius 1 is 0.614 bits per heavy atom. The highest BCUT2D eigenvalue weighted by Crippen LogP contribution is 2.38. The van der Waals surface area contributed by atoms with Gasteiger partial charge in [0.2, 0.25) is 0 Å². The van der Waals surface area contributed by atoms with Crippen molar-refractivity contribution in [3.05, 3.63) is 139 Å². The zero-order chi connectivity index (χ0) is 30.2. The summed E-state index contributed by atoms with van der Waals surface area (Å²) in [5.74, 6) is 3.13. The molecule has 0 aliphatic carbocycles. The Hall–Kier alpha value is -5.22. The molecule has 0 radical (unpaired) electrons. The lowest BCUT2D eigenvalue weighted by Gasteiger charge is -2.22. The maximum absolute atomic E-state index is 6.49. The van der Waals surface area contributed by atoms with E-state index in [0.29, 0.717) is 11.8 Å². The summed E-state index contributed by atoms with van der Waals surface area (Å²) in [5.41, 5.74) is 8.88. The smallest absolute Gasteiger partial charge is 0.145 e. The second-order valence-corrected chi connectivity index (χ2v) is 11.9. The summed E-state index contributed by atoms with van der Waals surface area (Å²) >= 11 is 0. The van der Waals surface area contributed by atoms with E-state index in [1.807, 2.05) is 36.5 Å². The molecular formula is C40H35N3O. The quantitative estimate of drug-likeness (QED) is 0.190. The van der Waals surface area contributed by atoms with E-state index < -0.39 is 0 Å². The second-order valence-electron chi connectivity index (χ2n) is 11.9. The van der Waals surface area contributed by atoms with Gasteiger partial charge in [0.1, 0.15) is 17.3 Å². The molecule has 0 saturated heterocycles. The molecule has 7 aromatic rings. The van der Waals surface area contributed by atoms with Crippen molar-refractivity contribution in [2.45, 2.75) is 39.5 Å². The van der Waals surface area contributed by atoms with E-state index in [2.05, 4.69) is 123 Å². The Labute approximate surface area is 258 Å². The van der Waals surface area contributed by atoms with Gasteiger partial charge in [0.05, 0.1) is 22.4 Å². The number of pyridine rings is 1. The van der Waals surface area contributed by atoms with Crippen LogP contribution in [0, 0.1) is 0 Å². The number of ether oxygens (including phenoxy) is 1. The fraction of sp³-hybridized carbons (Fsp3) is 0.150. The Morgan fingerprint density at radius 2 is 1.25 bits per heavy atom. The third kappa shape index (κ3) is 5.03. The van der Waals surface area contributed by atoms with Crippen LogP contribution in [-0.2, 0) is 0 Å². The van der Waals surface area contributed by atoms with Gasteiger partial charge in [0.25, 0.3) is 0 Å². The summed E-state index contributed by atoms with van der Waals surface area (Å²) in [6.07, 6.45) is 1.86. The van der Waals surface area contributed by atoms with Crippen LogP contribution in [0.2, 0.25) is 0 Å². The third-order valence-electron chi connectivity index (χ3n) is 8.24. The molecule has 2 aromatic heterocycles. The van der Waals surface area contributed by atoms with E-state index in [1.54, 1.807) is 0 Å². The highest BCUT2D eigenvalue weighted by molar-refractivity contribution is 5.94. The molecule has 0 fully saturated rings. The van der Waals surface area contributed by atoms with Crippen molar-refractivity contribution in [3.8, 4) is 39.8 Å². The molecule has 0 aliphatic rings. The molecule has 0 aliphatic heterocycles. The van der Waals surface area contributed by atoms with Crippen molar-refractivity contribution >= 4 is 21.8 Å². The van der Waals surface area contributed by atoms with Crippen LogP contribution in [0.1, 0.15) is 50.7 Å². The predicted molar refractivity (Wildman–Crippen MR) is 182 cm³/mol. The molecule has 5 aromatic carbocycles. The lowest BCUT2D eigenvalue weighted by molar-refractivity contribution is 0.483. The number of aromatic nitrogens is 3. The van der Waals surface area contributed by atoms with Crippen LogP contribution in [0.15, 0.2) is 128 Å². The summed E-state index contributed by atoms with van der Waals surface area (Å²) in [6.45, 7) is 9.05. The number of hydrogen-bond donors (Lipinski definition) is 0. The third-order valence-corrected chi connectivity index (χ3v) is 8.24. The van der Waals surface area contributed by atoms with Gasteiger partial charge in [-0.3, -0.25) is 9.55 Å². The molecule has 216 valence electrons. The van der Waals surface area contributed by atoms with Crippen LogP contribution in [-0.4, -0.2) is 14.5 Å². The van der Waals surface area contributed by atoms with Crippen LogP contribution < -0.4 is 4.74 Å². The highest BCUT2D eigenvalue weighted by Gasteiger charge is 2.22. The minimum Gasteiger partial charge on any atom is -0.457 e. The fourth-order valence-corrected chi connectivity index (χ4v) is 6.11. The summed E-state index contributed by atoms with van der Waals surface area (Å²) in [7, 11) is 0. The molecule has 0 N–H and O–H groups in total. The van der Waals surface area contributed by atoms with Crippen molar-refractivity contribution in [1.82, 2.24) is 14.5 Å². The van der Waals surface area contributed by atoms with E-state index in [1.165, 1.54) is 22.2 Å². The van der Waals surface area contributed by atoms with Gasteiger partial charge in [-0.15, -0.1) is 0 Å². The molecule has 0 amide bonds.